The van der Waals surface area contributed by atoms with Crippen LogP contribution in [0, 0.1) is 0 Å². The van der Waals surface area contributed by atoms with Gasteiger partial charge in [-0.1, -0.05) is 19.1 Å². The molecule has 96 valence electrons. The normalized spacial score (nSPS) is 13.5. The molecule has 0 spiro atoms. The smallest absolute Gasteiger partial charge is 0.276 e. The first kappa shape index (κ1) is 12.4. The summed E-state index contributed by atoms with van der Waals surface area (Å²) < 4.78 is 0. The maximum Gasteiger partial charge on any atom is 0.276 e. The van der Waals surface area contributed by atoms with Crippen LogP contribution in [0.5, 0.6) is 11.5 Å². The SMILES string of the molecule is CCCNCc1ccc2c(c1O)ONC(=O)C=C2. The zero-order valence-electron chi connectivity index (χ0n) is 10.2. The minimum absolute atomic E-state index is 0.0583. The van der Waals surface area contributed by atoms with Crippen LogP contribution in [0.4, 0.5) is 0 Å². The lowest BCUT2D eigenvalue weighted by atomic mass is 10.1. The Balaban J connectivity index is 2.23. The van der Waals surface area contributed by atoms with Crippen molar-refractivity contribution < 1.29 is 14.7 Å². The highest BCUT2D eigenvalue weighted by Gasteiger charge is 2.16. The van der Waals surface area contributed by atoms with E-state index in [2.05, 4.69) is 17.7 Å². The summed E-state index contributed by atoms with van der Waals surface area (Å²) in [5.74, 6) is -0.00731. The second kappa shape index (κ2) is 5.55. The predicted molar refractivity (Wildman–Crippen MR) is 67.9 cm³/mol. The molecule has 18 heavy (non-hydrogen) atoms. The third-order valence-corrected chi connectivity index (χ3v) is 2.66. The Morgan fingerprint density at radius 1 is 1.39 bits per heavy atom. The van der Waals surface area contributed by atoms with E-state index >= 15 is 0 Å². The predicted octanol–water partition coefficient (Wildman–Crippen LogP) is 1.33. The number of carbonyl (C=O) groups is 1. The van der Waals surface area contributed by atoms with E-state index in [0.717, 1.165) is 18.5 Å². The van der Waals surface area contributed by atoms with Crippen LogP contribution in [0.2, 0.25) is 0 Å². The molecule has 5 nitrogen and oxygen atoms in total. The van der Waals surface area contributed by atoms with Gasteiger partial charge in [0, 0.05) is 23.7 Å². The fourth-order valence-corrected chi connectivity index (χ4v) is 1.71. The van der Waals surface area contributed by atoms with Crippen LogP contribution in [0.3, 0.4) is 0 Å². The molecule has 0 bridgehead atoms. The molecule has 1 heterocycles. The number of aromatic hydroxyl groups is 1. The second-order valence-electron chi connectivity index (χ2n) is 4.07. The zero-order chi connectivity index (χ0) is 13.0. The summed E-state index contributed by atoms with van der Waals surface area (Å²) in [5.41, 5.74) is 3.64. The van der Waals surface area contributed by atoms with E-state index in [-0.39, 0.29) is 17.4 Å². The summed E-state index contributed by atoms with van der Waals surface area (Å²) in [6, 6.07) is 3.63. The van der Waals surface area contributed by atoms with Gasteiger partial charge in [-0.05, 0) is 19.0 Å². The van der Waals surface area contributed by atoms with Crippen LogP contribution in [0.25, 0.3) is 6.08 Å². The van der Waals surface area contributed by atoms with Gasteiger partial charge in [0.25, 0.3) is 5.91 Å². The van der Waals surface area contributed by atoms with Crippen molar-refractivity contribution in [1.29, 1.82) is 0 Å². The molecule has 2 rings (SSSR count). The van der Waals surface area contributed by atoms with Crippen molar-refractivity contribution >= 4 is 12.0 Å². The number of amides is 1. The van der Waals surface area contributed by atoms with Crippen molar-refractivity contribution in [2.24, 2.45) is 0 Å². The Hall–Kier alpha value is -2.01. The Morgan fingerprint density at radius 3 is 3.00 bits per heavy atom. The lowest BCUT2D eigenvalue weighted by molar-refractivity contribution is -0.122. The summed E-state index contributed by atoms with van der Waals surface area (Å²) in [7, 11) is 0. The number of phenols is 1. The third kappa shape index (κ3) is 2.62. The molecule has 0 atom stereocenters. The summed E-state index contributed by atoms with van der Waals surface area (Å²) >= 11 is 0. The number of nitrogens with one attached hydrogen (secondary N) is 2. The van der Waals surface area contributed by atoms with Gasteiger partial charge in [0.15, 0.2) is 5.75 Å². The Morgan fingerprint density at radius 2 is 2.22 bits per heavy atom. The quantitative estimate of drug-likeness (QED) is 0.703. The lowest BCUT2D eigenvalue weighted by Gasteiger charge is -2.12. The number of hydrogen-bond acceptors (Lipinski definition) is 4. The van der Waals surface area contributed by atoms with Gasteiger partial charge >= 0.3 is 0 Å². The highest BCUT2D eigenvalue weighted by Crippen LogP contribution is 2.35. The van der Waals surface area contributed by atoms with Gasteiger partial charge in [0.05, 0.1) is 0 Å². The number of hydroxylamine groups is 1. The van der Waals surface area contributed by atoms with Crippen molar-refractivity contribution in [2.45, 2.75) is 19.9 Å². The molecule has 1 amide bonds. The molecule has 0 aromatic heterocycles. The monoisotopic (exact) mass is 248 g/mol. The summed E-state index contributed by atoms with van der Waals surface area (Å²) in [6.07, 6.45) is 4.00. The molecule has 1 aromatic carbocycles. The summed E-state index contributed by atoms with van der Waals surface area (Å²) in [6.45, 7) is 3.52. The molecule has 0 aliphatic carbocycles. The average Bonchev–Trinajstić information content (AvgIpc) is 2.55. The van der Waals surface area contributed by atoms with Crippen LogP contribution < -0.4 is 15.6 Å². The molecular weight excluding hydrogens is 232 g/mol. The number of rotatable bonds is 4. The van der Waals surface area contributed by atoms with Crippen molar-refractivity contribution in [3.8, 4) is 11.5 Å². The molecule has 0 saturated heterocycles. The number of phenolic OH excluding ortho intramolecular Hbond substituents is 1. The first-order chi connectivity index (χ1) is 8.72. The highest BCUT2D eigenvalue weighted by molar-refractivity contribution is 5.92. The number of carbonyl (C=O) groups excluding carboxylic acids is 1. The molecule has 0 fully saturated rings. The van der Waals surface area contributed by atoms with E-state index < -0.39 is 0 Å². The van der Waals surface area contributed by atoms with Crippen LogP contribution >= 0.6 is 0 Å². The van der Waals surface area contributed by atoms with E-state index in [9.17, 15) is 9.90 Å². The first-order valence-corrected chi connectivity index (χ1v) is 5.93. The molecular formula is C13H16N2O3. The minimum atomic E-state index is -0.351. The van der Waals surface area contributed by atoms with Gasteiger partial charge in [0.1, 0.15) is 0 Å². The third-order valence-electron chi connectivity index (χ3n) is 2.66. The molecule has 0 saturated carbocycles. The second-order valence-corrected chi connectivity index (χ2v) is 4.07. The molecule has 1 aromatic rings. The van der Waals surface area contributed by atoms with Gasteiger partial charge in [-0.2, -0.15) is 5.48 Å². The highest BCUT2D eigenvalue weighted by atomic mass is 16.7. The van der Waals surface area contributed by atoms with E-state index in [4.69, 9.17) is 4.84 Å². The minimum Gasteiger partial charge on any atom is -0.504 e. The van der Waals surface area contributed by atoms with Gasteiger partial charge in [-0.3, -0.25) is 4.79 Å². The molecule has 1 aliphatic rings. The van der Waals surface area contributed by atoms with Crippen molar-refractivity contribution in [2.75, 3.05) is 6.54 Å². The summed E-state index contributed by atoms with van der Waals surface area (Å²) in [5, 5.41) is 13.3. The van der Waals surface area contributed by atoms with E-state index in [0.29, 0.717) is 12.1 Å². The van der Waals surface area contributed by atoms with Crippen molar-refractivity contribution in [3.05, 3.63) is 29.3 Å². The maximum absolute atomic E-state index is 11.1. The van der Waals surface area contributed by atoms with Gasteiger partial charge in [0.2, 0.25) is 5.75 Å². The fraction of sp³-hybridized carbons (Fsp3) is 0.308. The zero-order valence-corrected chi connectivity index (χ0v) is 10.2. The average molecular weight is 248 g/mol. The standard InChI is InChI=1S/C13H16N2O3/c1-2-7-14-8-10-4-3-9-5-6-11(16)15-18-13(9)12(10)17/h3-6,14,17H,2,7-8H2,1H3,(H,15,16). The Kier molecular flexibility index (Phi) is 3.84. The Labute approximate surface area is 105 Å². The van der Waals surface area contributed by atoms with Crippen LogP contribution in [0.15, 0.2) is 18.2 Å². The molecule has 1 aliphatic heterocycles. The van der Waals surface area contributed by atoms with Gasteiger partial charge in [-0.15, -0.1) is 0 Å². The van der Waals surface area contributed by atoms with Crippen LogP contribution in [-0.2, 0) is 11.3 Å². The number of hydrogen-bond donors (Lipinski definition) is 3. The van der Waals surface area contributed by atoms with Gasteiger partial charge in [-0.25, -0.2) is 0 Å². The van der Waals surface area contributed by atoms with E-state index in [1.807, 2.05) is 12.1 Å². The maximum atomic E-state index is 11.1. The molecule has 0 radical (unpaired) electrons. The molecule has 5 heteroatoms. The fourth-order valence-electron chi connectivity index (χ4n) is 1.71. The topological polar surface area (TPSA) is 70.6 Å². The largest absolute Gasteiger partial charge is 0.504 e. The first-order valence-electron chi connectivity index (χ1n) is 5.93. The van der Waals surface area contributed by atoms with Gasteiger partial charge < -0.3 is 15.3 Å². The van der Waals surface area contributed by atoms with Crippen molar-refractivity contribution in [1.82, 2.24) is 10.8 Å². The number of fused-ring (bicyclic) bond motifs is 1. The van der Waals surface area contributed by atoms with Crippen LogP contribution in [-0.4, -0.2) is 17.6 Å². The van der Waals surface area contributed by atoms with E-state index in [1.165, 1.54) is 6.08 Å². The van der Waals surface area contributed by atoms with E-state index in [1.54, 1.807) is 6.08 Å². The Bertz CT molecular complexity index is 483. The molecule has 3 N–H and O–H groups in total. The number of benzene rings is 1. The lowest BCUT2D eigenvalue weighted by Crippen LogP contribution is -2.24. The van der Waals surface area contributed by atoms with Crippen molar-refractivity contribution in [3.63, 3.8) is 0 Å². The van der Waals surface area contributed by atoms with Crippen LogP contribution in [0.1, 0.15) is 24.5 Å². The molecule has 0 unspecified atom stereocenters. The summed E-state index contributed by atoms with van der Waals surface area (Å²) in [4.78, 5) is 16.2.